The van der Waals surface area contributed by atoms with Crippen LogP contribution in [0.25, 0.3) is 0 Å². The Labute approximate surface area is 134 Å². The predicted molar refractivity (Wildman–Crippen MR) is 85.7 cm³/mol. The number of nitriles is 1. The van der Waals surface area contributed by atoms with Crippen LogP contribution >= 0.6 is 0 Å². The molecule has 0 aromatic rings. The zero-order valence-electron chi connectivity index (χ0n) is 13.8. The number of ketones is 1. The maximum atomic E-state index is 11.8. The fourth-order valence-corrected chi connectivity index (χ4v) is 6.80. The van der Waals surface area contributed by atoms with Crippen molar-refractivity contribution in [2.45, 2.75) is 58.8 Å². The summed E-state index contributed by atoms with van der Waals surface area (Å²) in [5.74, 6) is 4.28. The second kappa shape index (κ2) is 4.95. The SMILES string of the molecule is C[C@@H]1CC2=CC(=O)CC[C@@H]2[C@H]2CC[C@]3(C)[C@@H](C#N)CC[C@H]3[C@@H]21. The first-order valence-electron chi connectivity index (χ1n) is 9.17. The number of hydrogen-bond donors (Lipinski definition) is 0. The van der Waals surface area contributed by atoms with E-state index >= 15 is 0 Å². The van der Waals surface area contributed by atoms with Gasteiger partial charge in [0.05, 0.1) is 12.0 Å². The van der Waals surface area contributed by atoms with Gasteiger partial charge in [0.1, 0.15) is 0 Å². The first-order valence-corrected chi connectivity index (χ1v) is 9.17. The fourth-order valence-electron chi connectivity index (χ4n) is 6.80. The molecule has 7 atom stereocenters. The van der Waals surface area contributed by atoms with Crippen molar-refractivity contribution in [1.82, 2.24) is 0 Å². The standard InChI is InChI=1S/C20H27NO/c1-12-9-13-10-15(22)4-5-16(13)17-7-8-20(2)14(11-21)3-6-18(20)19(12)17/h10,12,14,16-19H,3-9H2,1-2H3/t12-,14-,16+,17-,18+,19-,20-/m1/s1. The summed E-state index contributed by atoms with van der Waals surface area (Å²) in [7, 11) is 0. The summed E-state index contributed by atoms with van der Waals surface area (Å²) in [6, 6.07) is 2.62. The molecule has 0 spiro atoms. The number of fused-ring (bicyclic) bond motifs is 5. The zero-order chi connectivity index (χ0) is 15.5. The van der Waals surface area contributed by atoms with Gasteiger partial charge in [-0.15, -0.1) is 0 Å². The van der Waals surface area contributed by atoms with Crippen LogP contribution in [0.1, 0.15) is 58.8 Å². The molecular weight excluding hydrogens is 270 g/mol. The molecular formula is C20H27NO. The molecule has 0 radical (unpaired) electrons. The minimum Gasteiger partial charge on any atom is -0.295 e. The third kappa shape index (κ3) is 1.87. The van der Waals surface area contributed by atoms with Gasteiger partial charge in [-0.05, 0) is 79.6 Å². The average molecular weight is 297 g/mol. The molecule has 0 N–H and O–H groups in total. The highest BCUT2D eigenvalue weighted by Gasteiger charge is 2.57. The monoisotopic (exact) mass is 297 g/mol. The van der Waals surface area contributed by atoms with Crippen molar-refractivity contribution >= 4 is 5.78 Å². The number of carbonyl (C=O) groups excluding carboxylic acids is 1. The summed E-state index contributed by atoms with van der Waals surface area (Å²) >= 11 is 0. The second-order valence-corrected chi connectivity index (χ2v) is 8.66. The lowest BCUT2D eigenvalue weighted by Crippen LogP contribution is -2.49. The molecule has 0 aromatic heterocycles. The molecule has 3 saturated carbocycles. The minimum atomic E-state index is 0.260. The Balaban J connectivity index is 1.68. The minimum absolute atomic E-state index is 0.260. The Morgan fingerprint density at radius 3 is 2.86 bits per heavy atom. The maximum absolute atomic E-state index is 11.8. The van der Waals surface area contributed by atoms with Crippen molar-refractivity contribution in [2.75, 3.05) is 0 Å². The molecule has 2 heteroatoms. The molecule has 0 heterocycles. The predicted octanol–water partition coefficient (Wildman–Crippen LogP) is 4.51. The van der Waals surface area contributed by atoms with Crippen LogP contribution in [0.3, 0.4) is 0 Å². The van der Waals surface area contributed by atoms with Crippen molar-refractivity contribution in [2.24, 2.45) is 40.9 Å². The van der Waals surface area contributed by atoms with E-state index in [0.717, 1.165) is 43.4 Å². The lowest BCUT2D eigenvalue weighted by atomic mass is 9.49. The van der Waals surface area contributed by atoms with Crippen LogP contribution in [-0.2, 0) is 4.79 Å². The van der Waals surface area contributed by atoms with Gasteiger partial charge < -0.3 is 0 Å². The van der Waals surface area contributed by atoms with Gasteiger partial charge in [-0.3, -0.25) is 4.79 Å². The molecule has 4 aliphatic rings. The van der Waals surface area contributed by atoms with Crippen LogP contribution < -0.4 is 0 Å². The van der Waals surface area contributed by atoms with Gasteiger partial charge in [0.2, 0.25) is 0 Å². The third-order valence-electron chi connectivity index (χ3n) is 7.80. The summed E-state index contributed by atoms with van der Waals surface area (Å²) in [6.45, 7) is 4.80. The highest BCUT2D eigenvalue weighted by molar-refractivity contribution is 5.91. The van der Waals surface area contributed by atoms with E-state index in [0.29, 0.717) is 17.6 Å². The van der Waals surface area contributed by atoms with Crippen LogP contribution in [0, 0.1) is 52.3 Å². The average Bonchev–Trinajstić information content (AvgIpc) is 2.83. The van der Waals surface area contributed by atoms with Gasteiger partial charge in [-0.25, -0.2) is 0 Å². The Morgan fingerprint density at radius 1 is 1.27 bits per heavy atom. The van der Waals surface area contributed by atoms with Crippen molar-refractivity contribution < 1.29 is 4.79 Å². The Kier molecular flexibility index (Phi) is 3.26. The van der Waals surface area contributed by atoms with E-state index in [9.17, 15) is 10.1 Å². The zero-order valence-corrected chi connectivity index (χ0v) is 13.8. The molecule has 0 bridgehead atoms. The molecule has 22 heavy (non-hydrogen) atoms. The first kappa shape index (κ1) is 14.5. The van der Waals surface area contributed by atoms with Crippen molar-refractivity contribution in [1.29, 1.82) is 5.26 Å². The normalized spacial score (nSPS) is 50.4. The summed E-state index contributed by atoms with van der Waals surface area (Å²) in [4.78, 5) is 11.8. The number of allylic oxidation sites excluding steroid dienone is 1. The lowest BCUT2D eigenvalue weighted by molar-refractivity contribution is -0.116. The van der Waals surface area contributed by atoms with Crippen LogP contribution in [0.4, 0.5) is 0 Å². The van der Waals surface area contributed by atoms with E-state index in [2.05, 4.69) is 19.9 Å². The lowest BCUT2D eigenvalue weighted by Gasteiger charge is -2.55. The van der Waals surface area contributed by atoms with Gasteiger partial charge in [-0.2, -0.15) is 5.26 Å². The van der Waals surface area contributed by atoms with Crippen molar-refractivity contribution in [3.05, 3.63) is 11.6 Å². The molecule has 4 aliphatic carbocycles. The molecule has 118 valence electrons. The van der Waals surface area contributed by atoms with Crippen LogP contribution in [0.5, 0.6) is 0 Å². The molecule has 3 fully saturated rings. The van der Waals surface area contributed by atoms with Crippen LogP contribution in [-0.4, -0.2) is 5.78 Å². The fraction of sp³-hybridized carbons (Fsp3) is 0.800. The number of hydrogen-bond acceptors (Lipinski definition) is 2. The van der Waals surface area contributed by atoms with Crippen molar-refractivity contribution in [3.8, 4) is 6.07 Å². The third-order valence-corrected chi connectivity index (χ3v) is 7.80. The van der Waals surface area contributed by atoms with Gasteiger partial charge >= 0.3 is 0 Å². The quantitative estimate of drug-likeness (QED) is 0.660. The molecule has 0 amide bonds. The maximum Gasteiger partial charge on any atom is 0.155 e. The number of rotatable bonds is 0. The highest BCUT2D eigenvalue weighted by Crippen LogP contribution is 2.64. The summed E-state index contributed by atoms with van der Waals surface area (Å²) < 4.78 is 0. The van der Waals surface area contributed by atoms with Gasteiger partial charge in [0, 0.05) is 6.42 Å². The summed E-state index contributed by atoms with van der Waals surface area (Å²) in [6.07, 6.45) is 9.82. The second-order valence-electron chi connectivity index (χ2n) is 8.66. The Hall–Kier alpha value is -1.10. The number of carbonyl (C=O) groups is 1. The van der Waals surface area contributed by atoms with E-state index in [1.807, 2.05) is 6.08 Å². The smallest absolute Gasteiger partial charge is 0.155 e. The molecule has 0 unspecified atom stereocenters. The van der Waals surface area contributed by atoms with Gasteiger partial charge in [-0.1, -0.05) is 19.4 Å². The summed E-state index contributed by atoms with van der Waals surface area (Å²) in [5, 5.41) is 9.55. The molecule has 0 aliphatic heterocycles. The largest absolute Gasteiger partial charge is 0.295 e. The topological polar surface area (TPSA) is 40.9 Å². The van der Waals surface area contributed by atoms with Gasteiger partial charge in [0.15, 0.2) is 5.78 Å². The van der Waals surface area contributed by atoms with Crippen molar-refractivity contribution in [3.63, 3.8) is 0 Å². The number of nitrogens with zero attached hydrogens (tertiary/aromatic N) is 1. The van der Waals surface area contributed by atoms with Crippen LogP contribution in [0.15, 0.2) is 11.6 Å². The molecule has 2 nitrogen and oxygen atoms in total. The van der Waals surface area contributed by atoms with E-state index in [1.165, 1.54) is 24.8 Å². The Morgan fingerprint density at radius 2 is 2.09 bits per heavy atom. The first-order chi connectivity index (χ1) is 10.5. The van der Waals surface area contributed by atoms with E-state index in [1.54, 1.807) is 0 Å². The molecule has 0 aromatic carbocycles. The summed E-state index contributed by atoms with van der Waals surface area (Å²) in [5.41, 5.74) is 1.72. The van der Waals surface area contributed by atoms with Crippen LogP contribution in [0.2, 0.25) is 0 Å². The highest BCUT2D eigenvalue weighted by atomic mass is 16.1. The Bertz CT molecular complexity index is 571. The van der Waals surface area contributed by atoms with Gasteiger partial charge in [0.25, 0.3) is 0 Å². The van der Waals surface area contributed by atoms with E-state index in [4.69, 9.17) is 0 Å². The van der Waals surface area contributed by atoms with E-state index in [-0.39, 0.29) is 11.3 Å². The van der Waals surface area contributed by atoms with E-state index < -0.39 is 0 Å². The molecule has 0 saturated heterocycles. The molecule has 4 rings (SSSR count).